The van der Waals surface area contributed by atoms with E-state index in [2.05, 4.69) is 0 Å². The molecule has 1 aliphatic heterocycles. The highest BCUT2D eigenvalue weighted by Gasteiger charge is 2.26. The molecule has 1 N–H and O–H groups in total. The molecule has 0 radical (unpaired) electrons. The van der Waals surface area contributed by atoms with E-state index in [1.165, 1.54) is 0 Å². The molecule has 5 heteroatoms. The van der Waals surface area contributed by atoms with Crippen LogP contribution in [0.15, 0.2) is 54.6 Å². The smallest absolute Gasteiger partial charge is 0.339 e. The van der Waals surface area contributed by atoms with Crippen LogP contribution >= 0.6 is 0 Å². The third-order valence-electron chi connectivity index (χ3n) is 3.51. The Bertz CT molecular complexity index is 748. The molecule has 0 bridgehead atoms. The molecule has 2 aromatic rings. The molecule has 112 valence electrons. The third-order valence-corrected chi connectivity index (χ3v) is 4.09. The molecule has 1 heterocycles. The van der Waals surface area contributed by atoms with Crippen molar-refractivity contribution >= 4 is 28.2 Å². The largest absolute Gasteiger partial charge is 0.457 e. The van der Waals surface area contributed by atoms with Gasteiger partial charge in [0.15, 0.2) is 11.1 Å². The topological polar surface area (TPSA) is 63.6 Å². The fourth-order valence-corrected chi connectivity index (χ4v) is 2.95. The van der Waals surface area contributed by atoms with Gasteiger partial charge in [0.05, 0.1) is 11.3 Å². The van der Waals surface area contributed by atoms with E-state index in [0.29, 0.717) is 5.57 Å². The zero-order valence-electron chi connectivity index (χ0n) is 11.7. The van der Waals surface area contributed by atoms with Crippen molar-refractivity contribution in [3.63, 3.8) is 0 Å². The number of carbonyl (C=O) groups is 1. The molecule has 0 amide bonds. The van der Waals surface area contributed by atoms with Crippen molar-refractivity contribution in [1.82, 2.24) is 0 Å². The van der Waals surface area contributed by atoms with Crippen LogP contribution in [0.25, 0.3) is 11.1 Å². The second-order valence-electron chi connectivity index (χ2n) is 4.96. The lowest BCUT2D eigenvalue weighted by molar-refractivity contribution is -0.133. The molecule has 2 aromatic carbocycles. The van der Waals surface area contributed by atoms with E-state index in [1.54, 1.807) is 12.1 Å². The van der Waals surface area contributed by atoms with E-state index in [0.717, 1.165) is 22.3 Å². The minimum absolute atomic E-state index is 0.0975. The molecular weight excluding hydrogens is 300 g/mol. The summed E-state index contributed by atoms with van der Waals surface area (Å²) < 4.78 is 24.9. The van der Waals surface area contributed by atoms with E-state index in [9.17, 15) is 9.00 Å². The highest BCUT2D eigenvalue weighted by Crippen LogP contribution is 2.32. The van der Waals surface area contributed by atoms with Gasteiger partial charge in [-0.3, -0.25) is 0 Å². The Hall–Kier alpha value is -2.24. The van der Waals surface area contributed by atoms with Crippen molar-refractivity contribution in [2.75, 3.05) is 6.61 Å². The Morgan fingerprint density at radius 3 is 2.32 bits per heavy atom. The lowest BCUT2D eigenvalue weighted by atomic mass is 9.96. The van der Waals surface area contributed by atoms with Gasteiger partial charge in [0.25, 0.3) is 0 Å². The van der Waals surface area contributed by atoms with Crippen LogP contribution in [-0.4, -0.2) is 21.3 Å². The molecule has 0 spiro atoms. The van der Waals surface area contributed by atoms with Crippen LogP contribution in [0.1, 0.15) is 16.7 Å². The summed E-state index contributed by atoms with van der Waals surface area (Å²) in [5.74, 6) is -0.220. The van der Waals surface area contributed by atoms with Gasteiger partial charge in [-0.2, -0.15) is 0 Å². The van der Waals surface area contributed by atoms with Gasteiger partial charge < -0.3 is 9.29 Å². The Labute approximate surface area is 130 Å². The molecule has 0 saturated carbocycles. The molecule has 1 unspecified atom stereocenters. The summed E-state index contributed by atoms with van der Waals surface area (Å²) >= 11 is -1.86. The molecule has 0 fully saturated rings. The zero-order valence-corrected chi connectivity index (χ0v) is 12.5. The van der Waals surface area contributed by atoms with Crippen molar-refractivity contribution in [3.05, 3.63) is 71.3 Å². The Morgan fingerprint density at radius 2 is 1.68 bits per heavy atom. The van der Waals surface area contributed by atoms with Crippen molar-refractivity contribution in [3.8, 4) is 0 Å². The van der Waals surface area contributed by atoms with Gasteiger partial charge in [0, 0.05) is 5.57 Å². The minimum atomic E-state index is -1.86. The average Bonchev–Trinajstić information content (AvgIpc) is 2.90. The van der Waals surface area contributed by atoms with E-state index < -0.39 is 11.1 Å². The fraction of sp³-hybridized carbons (Fsp3) is 0.118. The third kappa shape index (κ3) is 3.00. The maximum absolute atomic E-state index is 12.0. The number of benzene rings is 2. The van der Waals surface area contributed by atoms with Crippen LogP contribution in [0.4, 0.5) is 0 Å². The van der Waals surface area contributed by atoms with Crippen molar-refractivity contribution < 1.29 is 18.3 Å². The van der Waals surface area contributed by atoms with Crippen LogP contribution < -0.4 is 0 Å². The number of ether oxygens (including phenoxy) is 1. The van der Waals surface area contributed by atoms with E-state index in [-0.39, 0.29) is 18.3 Å². The second-order valence-corrected chi connectivity index (χ2v) is 5.89. The summed E-state index contributed by atoms with van der Waals surface area (Å²) in [7, 11) is 0. The number of esters is 1. The quantitative estimate of drug-likeness (QED) is 0.696. The number of cyclic esters (lactones) is 1. The Balaban J connectivity index is 1.99. The van der Waals surface area contributed by atoms with Crippen LogP contribution in [0, 0.1) is 0 Å². The van der Waals surface area contributed by atoms with Crippen molar-refractivity contribution in [1.29, 1.82) is 0 Å². The normalized spacial score (nSPS) is 15.8. The lowest BCUT2D eigenvalue weighted by Crippen LogP contribution is -1.98. The predicted octanol–water partition coefficient (Wildman–Crippen LogP) is 2.88. The molecule has 0 aliphatic carbocycles. The van der Waals surface area contributed by atoms with E-state index >= 15 is 0 Å². The summed E-state index contributed by atoms with van der Waals surface area (Å²) in [5.41, 5.74) is 3.92. The van der Waals surface area contributed by atoms with E-state index in [1.807, 2.05) is 42.5 Å². The highest BCUT2D eigenvalue weighted by atomic mass is 32.2. The number of hydrogen-bond donors (Lipinski definition) is 1. The summed E-state index contributed by atoms with van der Waals surface area (Å²) in [6, 6.07) is 16.7. The van der Waals surface area contributed by atoms with Gasteiger partial charge in [-0.15, -0.1) is 0 Å². The summed E-state index contributed by atoms with van der Waals surface area (Å²) in [5, 5.41) is 0. The fourth-order valence-electron chi connectivity index (χ4n) is 2.47. The van der Waals surface area contributed by atoms with Crippen molar-refractivity contribution in [2.24, 2.45) is 0 Å². The maximum atomic E-state index is 12.0. The summed E-state index contributed by atoms with van der Waals surface area (Å²) in [6.45, 7) is 0.244. The van der Waals surface area contributed by atoms with Crippen molar-refractivity contribution in [2.45, 2.75) is 5.75 Å². The highest BCUT2D eigenvalue weighted by molar-refractivity contribution is 7.78. The van der Waals surface area contributed by atoms with Gasteiger partial charge in [0.2, 0.25) is 0 Å². The Morgan fingerprint density at radius 1 is 1.00 bits per heavy atom. The van der Waals surface area contributed by atoms with Crippen LogP contribution in [-0.2, 0) is 26.4 Å². The summed E-state index contributed by atoms with van der Waals surface area (Å²) in [4.78, 5) is 12.0. The molecule has 3 rings (SSSR count). The van der Waals surface area contributed by atoms with Crippen LogP contribution in [0.5, 0.6) is 0 Å². The van der Waals surface area contributed by atoms with Crippen LogP contribution in [0.3, 0.4) is 0 Å². The minimum Gasteiger partial charge on any atom is -0.457 e. The maximum Gasteiger partial charge on any atom is 0.339 e. The molecule has 1 aliphatic rings. The first kappa shape index (κ1) is 14.7. The second kappa shape index (κ2) is 6.25. The van der Waals surface area contributed by atoms with Crippen LogP contribution in [0.2, 0.25) is 0 Å². The molecule has 0 aromatic heterocycles. The number of rotatable bonds is 4. The first-order chi connectivity index (χ1) is 10.6. The molecule has 1 atom stereocenters. The number of carbonyl (C=O) groups excluding carboxylic acids is 1. The zero-order chi connectivity index (χ0) is 15.5. The molecule has 22 heavy (non-hydrogen) atoms. The SMILES string of the molecule is O=C1OCC(c2ccc(CS(=O)O)cc2)=C1c1ccccc1. The standard InChI is InChI=1S/C17H14O4S/c18-17-16(14-4-2-1-3-5-14)15(10-21-17)13-8-6-12(7-9-13)11-22(19)20/h1-9H,10-11H2,(H,19,20). The van der Waals surface area contributed by atoms with Gasteiger partial charge in [-0.25, -0.2) is 9.00 Å². The van der Waals surface area contributed by atoms with Gasteiger partial charge >= 0.3 is 5.97 Å². The predicted molar refractivity (Wildman–Crippen MR) is 85.1 cm³/mol. The molecule has 4 nitrogen and oxygen atoms in total. The number of hydrogen-bond acceptors (Lipinski definition) is 3. The lowest BCUT2D eigenvalue weighted by Gasteiger charge is -2.05. The molecular formula is C17H14O4S. The van der Waals surface area contributed by atoms with Gasteiger partial charge in [0.1, 0.15) is 6.61 Å². The molecule has 0 saturated heterocycles. The summed E-state index contributed by atoms with van der Waals surface area (Å²) in [6.07, 6.45) is 0. The van der Waals surface area contributed by atoms with E-state index in [4.69, 9.17) is 9.29 Å². The first-order valence-electron chi connectivity index (χ1n) is 6.77. The monoisotopic (exact) mass is 314 g/mol. The van der Waals surface area contributed by atoms with Gasteiger partial charge in [-0.1, -0.05) is 54.6 Å². The average molecular weight is 314 g/mol. The van der Waals surface area contributed by atoms with Gasteiger partial charge in [-0.05, 0) is 16.7 Å². The first-order valence-corrected chi connectivity index (χ1v) is 8.05. The Kier molecular flexibility index (Phi) is 4.18.